The standard InChI is InChI=1S/C4H6N2SSe/c1-8-6-4-5-2-3-7-4/h2-3H,1H3,(H,5,6). The van der Waals surface area contributed by atoms with Gasteiger partial charge in [0.05, 0.1) is 0 Å². The van der Waals surface area contributed by atoms with E-state index in [0.717, 1.165) is 5.13 Å². The number of hydrogen-bond acceptors (Lipinski definition) is 3. The summed E-state index contributed by atoms with van der Waals surface area (Å²) < 4.78 is 3.16. The van der Waals surface area contributed by atoms with E-state index in [9.17, 15) is 0 Å². The first-order valence-corrected chi connectivity index (χ1v) is 5.57. The van der Waals surface area contributed by atoms with Crippen molar-refractivity contribution in [2.75, 3.05) is 4.33 Å². The van der Waals surface area contributed by atoms with Gasteiger partial charge < -0.3 is 0 Å². The minimum absolute atomic E-state index is 0.498. The molecule has 1 aromatic rings. The molecule has 0 aromatic carbocycles. The average molecular weight is 193 g/mol. The van der Waals surface area contributed by atoms with Crippen LogP contribution in [-0.4, -0.2) is 20.2 Å². The third-order valence-corrected chi connectivity index (χ3v) is 2.44. The fraction of sp³-hybridized carbons (Fsp3) is 0.250. The van der Waals surface area contributed by atoms with Gasteiger partial charge in [0.25, 0.3) is 0 Å². The maximum absolute atomic E-state index is 4.03. The molecule has 0 spiro atoms. The van der Waals surface area contributed by atoms with Gasteiger partial charge in [-0.25, -0.2) is 0 Å². The van der Waals surface area contributed by atoms with E-state index in [0.29, 0.717) is 15.2 Å². The van der Waals surface area contributed by atoms with E-state index in [-0.39, 0.29) is 0 Å². The fourth-order valence-corrected chi connectivity index (χ4v) is 1.99. The van der Waals surface area contributed by atoms with E-state index in [4.69, 9.17) is 0 Å². The first-order chi connectivity index (χ1) is 3.93. The maximum atomic E-state index is 4.03. The zero-order valence-corrected chi connectivity index (χ0v) is 6.95. The molecular formula is C4H6N2SSe. The van der Waals surface area contributed by atoms with Gasteiger partial charge in [-0.3, -0.25) is 0 Å². The normalized spacial score (nSPS) is 9.12. The molecule has 0 unspecified atom stereocenters. The van der Waals surface area contributed by atoms with Gasteiger partial charge in [0.2, 0.25) is 0 Å². The van der Waals surface area contributed by atoms with Crippen molar-refractivity contribution in [2.24, 2.45) is 0 Å². The van der Waals surface area contributed by atoms with E-state index in [2.05, 4.69) is 15.1 Å². The van der Waals surface area contributed by atoms with Gasteiger partial charge in [-0.15, -0.1) is 0 Å². The van der Waals surface area contributed by atoms with E-state index >= 15 is 0 Å². The van der Waals surface area contributed by atoms with E-state index in [1.165, 1.54) is 0 Å². The van der Waals surface area contributed by atoms with Gasteiger partial charge in [-0.2, -0.15) is 0 Å². The number of rotatable bonds is 2. The number of thiazole rings is 1. The molecule has 0 aliphatic carbocycles. The van der Waals surface area contributed by atoms with Crippen LogP contribution in [0, 0.1) is 0 Å². The molecule has 8 heavy (non-hydrogen) atoms. The van der Waals surface area contributed by atoms with Gasteiger partial charge in [0.15, 0.2) is 0 Å². The van der Waals surface area contributed by atoms with Gasteiger partial charge in [-0.1, -0.05) is 0 Å². The molecule has 1 N–H and O–H groups in total. The topological polar surface area (TPSA) is 24.9 Å². The fourth-order valence-electron chi connectivity index (χ4n) is 0.361. The SMILES string of the molecule is C[Se]Nc1nccs1. The van der Waals surface area contributed by atoms with E-state index < -0.39 is 0 Å². The van der Waals surface area contributed by atoms with Crippen molar-refractivity contribution in [3.8, 4) is 0 Å². The number of hydrogen-bond donors (Lipinski definition) is 1. The van der Waals surface area contributed by atoms with Gasteiger partial charge in [0, 0.05) is 0 Å². The number of anilines is 1. The van der Waals surface area contributed by atoms with Crippen LogP contribution in [0.25, 0.3) is 0 Å². The van der Waals surface area contributed by atoms with Crippen molar-refractivity contribution in [1.82, 2.24) is 4.98 Å². The molecule has 1 aromatic heterocycles. The summed E-state index contributed by atoms with van der Waals surface area (Å²) in [6.45, 7) is 0. The molecule has 0 aliphatic rings. The Morgan fingerprint density at radius 1 is 1.88 bits per heavy atom. The Hall–Kier alpha value is -0.0505. The second kappa shape index (κ2) is 3.07. The summed E-state index contributed by atoms with van der Waals surface area (Å²) in [6, 6.07) is 0. The van der Waals surface area contributed by atoms with Crippen LogP contribution in [-0.2, 0) is 0 Å². The van der Waals surface area contributed by atoms with E-state index in [1.807, 2.05) is 5.38 Å². The first-order valence-electron chi connectivity index (χ1n) is 2.12. The molecule has 0 fully saturated rings. The molecule has 0 saturated carbocycles. The molecule has 0 bridgehead atoms. The monoisotopic (exact) mass is 194 g/mol. The predicted molar refractivity (Wildman–Crippen MR) is 37.4 cm³/mol. The zero-order valence-electron chi connectivity index (χ0n) is 4.42. The van der Waals surface area contributed by atoms with Gasteiger partial charge in [-0.05, 0) is 0 Å². The summed E-state index contributed by atoms with van der Waals surface area (Å²) >= 11 is 2.14. The minimum atomic E-state index is 0.498. The molecule has 2 nitrogen and oxygen atoms in total. The van der Waals surface area contributed by atoms with Crippen molar-refractivity contribution in [1.29, 1.82) is 0 Å². The van der Waals surface area contributed by atoms with Crippen molar-refractivity contribution < 1.29 is 0 Å². The van der Waals surface area contributed by atoms with Crippen molar-refractivity contribution >= 4 is 31.6 Å². The summed E-state index contributed by atoms with van der Waals surface area (Å²) in [5.41, 5.74) is 0. The summed E-state index contributed by atoms with van der Waals surface area (Å²) in [5.74, 6) is 2.12. The van der Waals surface area contributed by atoms with Crippen LogP contribution >= 0.6 is 11.3 Å². The summed E-state index contributed by atoms with van der Waals surface area (Å²) in [7, 11) is 0. The second-order valence-corrected chi connectivity index (χ2v) is 3.32. The van der Waals surface area contributed by atoms with Crippen LogP contribution in [0.2, 0.25) is 5.82 Å². The van der Waals surface area contributed by atoms with Crippen molar-refractivity contribution in [3.63, 3.8) is 0 Å². The molecule has 0 radical (unpaired) electrons. The Morgan fingerprint density at radius 3 is 3.25 bits per heavy atom. The Balaban J connectivity index is 2.50. The zero-order chi connectivity index (χ0) is 5.82. The number of nitrogens with one attached hydrogen (secondary N) is 1. The van der Waals surface area contributed by atoms with Gasteiger partial charge in [0.1, 0.15) is 0 Å². The summed E-state index contributed by atoms with van der Waals surface area (Å²) in [4.78, 5) is 4.03. The Bertz CT molecular complexity index is 140. The van der Waals surface area contributed by atoms with Crippen LogP contribution in [0.3, 0.4) is 0 Å². The van der Waals surface area contributed by atoms with Crippen molar-refractivity contribution in [3.05, 3.63) is 11.6 Å². The first kappa shape index (κ1) is 6.08. The number of nitrogens with zero attached hydrogens (tertiary/aromatic N) is 1. The Kier molecular flexibility index (Phi) is 2.33. The second-order valence-electron chi connectivity index (χ2n) is 1.14. The van der Waals surface area contributed by atoms with E-state index in [1.54, 1.807) is 17.5 Å². The van der Waals surface area contributed by atoms with Crippen molar-refractivity contribution in [2.45, 2.75) is 5.82 Å². The third-order valence-electron chi connectivity index (χ3n) is 0.622. The average Bonchev–Trinajstić information content (AvgIpc) is 2.19. The molecular weight excluding hydrogens is 187 g/mol. The molecule has 1 rings (SSSR count). The Morgan fingerprint density at radius 2 is 2.75 bits per heavy atom. The van der Waals surface area contributed by atoms with Crippen LogP contribution in [0.15, 0.2) is 11.6 Å². The molecule has 4 heteroatoms. The molecule has 0 amide bonds. The van der Waals surface area contributed by atoms with Crippen LogP contribution in [0.4, 0.5) is 5.13 Å². The molecule has 44 valence electrons. The summed E-state index contributed by atoms with van der Waals surface area (Å²) in [5, 5.41) is 3.00. The Labute approximate surface area is 58.7 Å². The molecule has 0 aliphatic heterocycles. The predicted octanol–water partition coefficient (Wildman–Crippen LogP) is 1.22. The van der Waals surface area contributed by atoms with Gasteiger partial charge >= 0.3 is 58.4 Å². The third kappa shape index (κ3) is 1.47. The van der Waals surface area contributed by atoms with Crippen LogP contribution in [0.1, 0.15) is 0 Å². The summed E-state index contributed by atoms with van der Waals surface area (Å²) in [6.07, 6.45) is 1.80. The molecule has 0 saturated heterocycles. The number of aromatic nitrogens is 1. The molecule has 0 atom stereocenters. The van der Waals surface area contributed by atoms with Crippen LogP contribution < -0.4 is 4.33 Å². The molecule has 1 heterocycles. The quantitative estimate of drug-likeness (QED) is 0.714. The van der Waals surface area contributed by atoms with Crippen LogP contribution in [0.5, 0.6) is 0 Å².